The Morgan fingerprint density at radius 3 is 2.30 bits per heavy atom. The molecule has 1 rings (SSSR count). The highest BCUT2D eigenvalue weighted by atomic mass is 31.2. The van der Waals surface area contributed by atoms with Crippen LogP contribution in [0, 0.1) is 0 Å². The van der Waals surface area contributed by atoms with Crippen LogP contribution < -0.4 is 0 Å². The Bertz CT molecular complexity index is 444. The first kappa shape index (κ1) is 17.2. The minimum absolute atomic E-state index is 0.378. The molecule has 112 valence electrons. The molecule has 1 aromatic rings. The third kappa shape index (κ3) is 6.51. The average molecular weight is 296 g/mol. The molecule has 0 unspecified atom stereocenters. The summed E-state index contributed by atoms with van der Waals surface area (Å²) in [7, 11) is -2.96. The molecule has 3 nitrogen and oxygen atoms in total. The predicted molar refractivity (Wildman–Crippen MR) is 84.2 cm³/mol. The van der Waals surface area contributed by atoms with Crippen molar-refractivity contribution in [1.29, 1.82) is 0 Å². The van der Waals surface area contributed by atoms with Crippen LogP contribution in [0.3, 0.4) is 0 Å². The van der Waals surface area contributed by atoms with Gasteiger partial charge in [0.1, 0.15) is 0 Å². The van der Waals surface area contributed by atoms with Gasteiger partial charge in [0.05, 0.1) is 19.4 Å². The third-order valence-corrected chi connectivity index (χ3v) is 5.05. The molecule has 0 spiro atoms. The van der Waals surface area contributed by atoms with E-state index >= 15 is 0 Å². The van der Waals surface area contributed by atoms with E-state index in [-0.39, 0.29) is 0 Å². The van der Waals surface area contributed by atoms with Crippen LogP contribution in [0.25, 0.3) is 0 Å². The molecule has 0 aliphatic carbocycles. The lowest BCUT2D eigenvalue weighted by molar-refractivity contribution is 0.222. The molecule has 0 radical (unpaired) electrons. The first-order chi connectivity index (χ1) is 9.59. The molecule has 0 fully saturated rings. The van der Waals surface area contributed by atoms with E-state index in [0.717, 1.165) is 18.4 Å². The molecular formula is C16H25O3P. The highest BCUT2D eigenvalue weighted by Gasteiger charge is 2.23. The van der Waals surface area contributed by atoms with E-state index < -0.39 is 7.60 Å². The normalized spacial score (nSPS) is 12.7. The SMILES string of the molecule is CCOP(=O)(C/C(C)=C/CCc1ccccc1)OCC. The minimum atomic E-state index is -2.96. The lowest BCUT2D eigenvalue weighted by atomic mass is 10.1. The Morgan fingerprint density at radius 1 is 1.15 bits per heavy atom. The Kier molecular flexibility index (Phi) is 7.83. The zero-order valence-electron chi connectivity index (χ0n) is 12.7. The van der Waals surface area contributed by atoms with Gasteiger partial charge in [-0.2, -0.15) is 0 Å². The Labute approximate surface area is 122 Å². The Morgan fingerprint density at radius 2 is 1.75 bits per heavy atom. The zero-order chi connectivity index (χ0) is 14.8. The second-order valence-corrected chi connectivity index (χ2v) is 6.73. The predicted octanol–water partition coefficient (Wildman–Crippen LogP) is 4.83. The van der Waals surface area contributed by atoms with Crippen LogP contribution in [-0.2, 0) is 20.0 Å². The molecule has 20 heavy (non-hydrogen) atoms. The summed E-state index contributed by atoms with van der Waals surface area (Å²) in [5.74, 6) is 0. The number of hydrogen-bond acceptors (Lipinski definition) is 3. The van der Waals surface area contributed by atoms with Crippen molar-refractivity contribution in [1.82, 2.24) is 0 Å². The van der Waals surface area contributed by atoms with Crippen molar-refractivity contribution in [2.75, 3.05) is 19.4 Å². The molecular weight excluding hydrogens is 271 g/mol. The van der Waals surface area contributed by atoms with Gasteiger partial charge in [-0.3, -0.25) is 4.57 Å². The Balaban J connectivity index is 2.49. The smallest absolute Gasteiger partial charge is 0.309 e. The van der Waals surface area contributed by atoms with Crippen LogP contribution in [0.15, 0.2) is 42.0 Å². The van der Waals surface area contributed by atoms with Gasteiger partial charge in [-0.25, -0.2) is 0 Å². The minimum Gasteiger partial charge on any atom is -0.309 e. The van der Waals surface area contributed by atoms with Gasteiger partial charge < -0.3 is 9.05 Å². The fourth-order valence-electron chi connectivity index (χ4n) is 2.02. The van der Waals surface area contributed by atoms with Gasteiger partial charge in [-0.05, 0) is 39.2 Å². The molecule has 4 heteroatoms. The lowest BCUT2D eigenvalue weighted by Crippen LogP contribution is -2.01. The number of allylic oxidation sites excluding steroid dienone is 2. The molecule has 0 amide bonds. The lowest BCUT2D eigenvalue weighted by Gasteiger charge is -2.17. The summed E-state index contributed by atoms with van der Waals surface area (Å²) < 4.78 is 23.0. The zero-order valence-corrected chi connectivity index (χ0v) is 13.6. The molecule has 0 aliphatic heterocycles. The summed E-state index contributed by atoms with van der Waals surface area (Å²) in [6.45, 7) is 6.47. The van der Waals surface area contributed by atoms with Gasteiger partial charge in [-0.1, -0.05) is 42.0 Å². The van der Waals surface area contributed by atoms with E-state index in [9.17, 15) is 4.57 Å². The standard InChI is InChI=1S/C16H25O3P/c1-4-18-20(17,19-5-2)14-15(3)10-9-13-16-11-7-6-8-12-16/h6-8,10-12H,4-5,9,13-14H2,1-3H3/b15-10+. The van der Waals surface area contributed by atoms with E-state index in [2.05, 4.69) is 18.2 Å². The van der Waals surface area contributed by atoms with E-state index in [1.165, 1.54) is 5.56 Å². The summed E-state index contributed by atoms with van der Waals surface area (Å²) in [4.78, 5) is 0. The van der Waals surface area contributed by atoms with Crippen LogP contribution >= 0.6 is 7.60 Å². The number of rotatable bonds is 9. The second-order valence-electron chi connectivity index (χ2n) is 4.68. The second kappa shape index (κ2) is 9.12. The topological polar surface area (TPSA) is 35.5 Å². The molecule has 0 atom stereocenters. The molecule has 0 aliphatic rings. The summed E-state index contributed by atoms with van der Waals surface area (Å²) in [6.07, 6.45) is 4.43. The average Bonchev–Trinajstić information content (AvgIpc) is 2.40. The van der Waals surface area contributed by atoms with Crippen molar-refractivity contribution in [3.8, 4) is 0 Å². The molecule has 0 N–H and O–H groups in total. The molecule has 0 saturated carbocycles. The Hall–Kier alpha value is -0.890. The van der Waals surface area contributed by atoms with Gasteiger partial charge in [0, 0.05) is 0 Å². The van der Waals surface area contributed by atoms with Crippen molar-refractivity contribution in [2.24, 2.45) is 0 Å². The molecule has 0 heterocycles. The van der Waals surface area contributed by atoms with Crippen molar-refractivity contribution in [3.05, 3.63) is 47.5 Å². The first-order valence-electron chi connectivity index (χ1n) is 7.17. The number of hydrogen-bond donors (Lipinski definition) is 0. The van der Waals surface area contributed by atoms with Gasteiger partial charge >= 0.3 is 7.60 Å². The largest absolute Gasteiger partial charge is 0.334 e. The highest BCUT2D eigenvalue weighted by Crippen LogP contribution is 2.49. The van der Waals surface area contributed by atoms with E-state index in [1.807, 2.05) is 39.0 Å². The van der Waals surface area contributed by atoms with E-state index in [4.69, 9.17) is 9.05 Å². The van der Waals surface area contributed by atoms with E-state index in [1.54, 1.807) is 0 Å². The molecule has 0 aromatic heterocycles. The van der Waals surface area contributed by atoms with Crippen molar-refractivity contribution in [2.45, 2.75) is 33.6 Å². The maximum Gasteiger partial charge on any atom is 0.334 e. The van der Waals surface area contributed by atoms with Crippen molar-refractivity contribution >= 4 is 7.60 Å². The maximum absolute atomic E-state index is 12.4. The summed E-state index contributed by atoms with van der Waals surface area (Å²) in [6, 6.07) is 10.3. The van der Waals surface area contributed by atoms with Gasteiger partial charge in [0.15, 0.2) is 0 Å². The molecule has 0 saturated heterocycles. The van der Waals surface area contributed by atoms with Gasteiger partial charge in [-0.15, -0.1) is 0 Å². The fourth-order valence-corrected chi connectivity index (χ4v) is 3.81. The summed E-state index contributed by atoms with van der Waals surface area (Å²) in [5, 5.41) is 0. The summed E-state index contributed by atoms with van der Waals surface area (Å²) >= 11 is 0. The van der Waals surface area contributed by atoms with Crippen molar-refractivity contribution < 1.29 is 13.6 Å². The quantitative estimate of drug-likeness (QED) is 0.483. The molecule has 0 bridgehead atoms. The fraction of sp³-hybridized carbons (Fsp3) is 0.500. The van der Waals surface area contributed by atoms with Crippen LogP contribution in [0.4, 0.5) is 0 Å². The van der Waals surface area contributed by atoms with Crippen LogP contribution in [0.2, 0.25) is 0 Å². The van der Waals surface area contributed by atoms with Crippen LogP contribution in [-0.4, -0.2) is 19.4 Å². The van der Waals surface area contributed by atoms with Gasteiger partial charge in [0.25, 0.3) is 0 Å². The van der Waals surface area contributed by atoms with E-state index in [0.29, 0.717) is 19.4 Å². The third-order valence-electron chi connectivity index (χ3n) is 2.86. The first-order valence-corrected chi connectivity index (χ1v) is 8.90. The number of aryl methyl sites for hydroxylation is 1. The highest BCUT2D eigenvalue weighted by molar-refractivity contribution is 7.54. The molecule has 1 aromatic carbocycles. The monoisotopic (exact) mass is 296 g/mol. The summed E-state index contributed by atoms with van der Waals surface area (Å²) in [5.41, 5.74) is 2.38. The van der Waals surface area contributed by atoms with Crippen molar-refractivity contribution in [3.63, 3.8) is 0 Å². The number of benzene rings is 1. The van der Waals surface area contributed by atoms with Crippen LogP contribution in [0.5, 0.6) is 0 Å². The van der Waals surface area contributed by atoms with Crippen LogP contribution in [0.1, 0.15) is 32.8 Å². The van der Waals surface area contributed by atoms with Gasteiger partial charge in [0.2, 0.25) is 0 Å². The maximum atomic E-state index is 12.4.